The van der Waals surface area contributed by atoms with Gasteiger partial charge < -0.3 is 18.9 Å². The predicted molar refractivity (Wildman–Crippen MR) is 77.3 cm³/mol. The minimum atomic E-state index is 0.306. The first-order valence-electron chi connectivity index (χ1n) is 6.77. The van der Waals surface area contributed by atoms with Crippen molar-refractivity contribution in [1.29, 1.82) is 0 Å². The average molecular weight is 273 g/mol. The van der Waals surface area contributed by atoms with Crippen molar-refractivity contribution in [1.82, 2.24) is 9.55 Å². The number of nitrogens with zero attached hydrogens (tertiary/aromatic N) is 3. The maximum absolute atomic E-state index is 5.42. The molecule has 0 amide bonds. The summed E-state index contributed by atoms with van der Waals surface area (Å²) in [5.74, 6) is 2.67. The molecule has 0 bridgehead atoms. The first-order chi connectivity index (χ1) is 9.65. The van der Waals surface area contributed by atoms with E-state index in [9.17, 15) is 0 Å². The van der Waals surface area contributed by atoms with E-state index in [4.69, 9.17) is 9.47 Å². The molecule has 5 nitrogen and oxygen atoms in total. The summed E-state index contributed by atoms with van der Waals surface area (Å²) in [7, 11) is 2.05. The topological polar surface area (TPSA) is 39.5 Å². The van der Waals surface area contributed by atoms with Crippen molar-refractivity contribution in [3.63, 3.8) is 0 Å². The van der Waals surface area contributed by atoms with Gasteiger partial charge in [0.25, 0.3) is 0 Å². The molecule has 0 unspecified atom stereocenters. The van der Waals surface area contributed by atoms with E-state index in [1.165, 1.54) is 0 Å². The van der Waals surface area contributed by atoms with Gasteiger partial charge in [-0.25, -0.2) is 4.98 Å². The molecule has 2 heterocycles. The van der Waals surface area contributed by atoms with E-state index in [1.807, 2.05) is 30.6 Å². The van der Waals surface area contributed by atoms with Gasteiger partial charge in [-0.05, 0) is 26.0 Å². The molecule has 1 aromatic heterocycles. The fourth-order valence-corrected chi connectivity index (χ4v) is 2.36. The lowest BCUT2D eigenvalue weighted by molar-refractivity contribution is 0.174. The van der Waals surface area contributed by atoms with Gasteiger partial charge in [-0.1, -0.05) is 0 Å². The second kappa shape index (κ2) is 5.07. The Morgan fingerprint density at radius 1 is 1.30 bits per heavy atom. The second-order valence-electron chi connectivity index (χ2n) is 5.24. The molecule has 1 aliphatic heterocycles. The van der Waals surface area contributed by atoms with E-state index >= 15 is 0 Å². The van der Waals surface area contributed by atoms with Gasteiger partial charge >= 0.3 is 0 Å². The highest BCUT2D eigenvalue weighted by molar-refractivity contribution is 5.56. The smallest absolute Gasteiger partial charge is 0.231 e. The molecule has 0 spiro atoms. The monoisotopic (exact) mass is 273 g/mol. The molecule has 0 atom stereocenters. The Bertz CT molecular complexity index is 607. The summed E-state index contributed by atoms with van der Waals surface area (Å²) in [6, 6.07) is 6.40. The number of aromatic nitrogens is 2. The van der Waals surface area contributed by atoms with Crippen LogP contribution in [0.1, 0.15) is 25.7 Å². The van der Waals surface area contributed by atoms with Crippen LogP contribution in [0.3, 0.4) is 0 Å². The molecule has 1 aliphatic rings. The molecule has 106 valence electrons. The van der Waals surface area contributed by atoms with Crippen molar-refractivity contribution in [2.24, 2.45) is 0 Å². The molecule has 0 saturated heterocycles. The van der Waals surface area contributed by atoms with Crippen LogP contribution in [0.25, 0.3) is 0 Å². The molecule has 0 fully saturated rings. The van der Waals surface area contributed by atoms with Gasteiger partial charge in [-0.15, -0.1) is 0 Å². The van der Waals surface area contributed by atoms with Gasteiger partial charge in [0.15, 0.2) is 11.5 Å². The number of imidazole rings is 1. The Labute approximate surface area is 118 Å². The molecular weight excluding hydrogens is 254 g/mol. The van der Waals surface area contributed by atoms with Crippen LogP contribution < -0.4 is 14.4 Å². The van der Waals surface area contributed by atoms with Crippen LogP contribution in [0.2, 0.25) is 0 Å². The lowest BCUT2D eigenvalue weighted by atomic mass is 10.2. The molecule has 5 heteroatoms. The Kier molecular flexibility index (Phi) is 3.26. The van der Waals surface area contributed by atoms with E-state index in [0.717, 1.165) is 29.6 Å². The largest absolute Gasteiger partial charge is 0.454 e. The highest BCUT2D eigenvalue weighted by atomic mass is 16.7. The Morgan fingerprint density at radius 2 is 2.10 bits per heavy atom. The van der Waals surface area contributed by atoms with E-state index in [0.29, 0.717) is 12.8 Å². The molecule has 20 heavy (non-hydrogen) atoms. The van der Waals surface area contributed by atoms with E-state index in [-0.39, 0.29) is 0 Å². The third kappa shape index (κ3) is 2.31. The molecular formula is C15H19N3O2. The zero-order valence-corrected chi connectivity index (χ0v) is 12.0. The van der Waals surface area contributed by atoms with Crippen LogP contribution in [0.4, 0.5) is 5.69 Å². The van der Waals surface area contributed by atoms with Gasteiger partial charge in [-0.2, -0.15) is 0 Å². The van der Waals surface area contributed by atoms with Crippen molar-refractivity contribution in [3.05, 3.63) is 36.4 Å². The van der Waals surface area contributed by atoms with E-state index in [1.54, 1.807) is 0 Å². The zero-order valence-electron chi connectivity index (χ0n) is 12.0. The lowest BCUT2D eigenvalue weighted by Crippen LogP contribution is -2.20. The summed E-state index contributed by atoms with van der Waals surface area (Å²) in [5, 5.41) is 0. The highest BCUT2D eigenvalue weighted by Gasteiger charge is 2.15. The molecule has 0 aliphatic carbocycles. The molecule has 2 aromatic rings. The number of benzene rings is 1. The van der Waals surface area contributed by atoms with Crippen LogP contribution in [-0.2, 0) is 6.54 Å². The quantitative estimate of drug-likeness (QED) is 0.858. The van der Waals surface area contributed by atoms with E-state index < -0.39 is 0 Å². The van der Waals surface area contributed by atoms with Gasteiger partial charge in [0.05, 0.1) is 6.54 Å². The SMILES string of the molecule is CC(C)n1ccnc1CN(C)c1ccc2c(c1)OCO2. The van der Waals surface area contributed by atoms with Gasteiger partial charge in [-0.3, -0.25) is 0 Å². The summed E-state index contributed by atoms with van der Waals surface area (Å²) in [5.41, 5.74) is 1.09. The Hall–Kier alpha value is -2.17. The minimum absolute atomic E-state index is 0.306. The van der Waals surface area contributed by atoms with Gasteiger partial charge in [0, 0.05) is 37.2 Å². The fourth-order valence-electron chi connectivity index (χ4n) is 2.36. The number of hydrogen-bond acceptors (Lipinski definition) is 4. The van der Waals surface area contributed by atoms with Crippen LogP contribution in [0.15, 0.2) is 30.6 Å². The normalized spacial score (nSPS) is 13.0. The summed E-state index contributed by atoms with van der Waals surface area (Å²) in [6.45, 7) is 5.38. The Morgan fingerprint density at radius 3 is 2.90 bits per heavy atom. The van der Waals surface area contributed by atoms with Crippen molar-refractivity contribution in [2.45, 2.75) is 26.4 Å². The predicted octanol–water partition coefficient (Wildman–Crippen LogP) is 2.83. The zero-order chi connectivity index (χ0) is 14.1. The second-order valence-corrected chi connectivity index (χ2v) is 5.24. The van der Waals surface area contributed by atoms with E-state index in [2.05, 4.69) is 35.3 Å². The third-order valence-electron chi connectivity index (χ3n) is 3.48. The molecule has 3 rings (SSSR count). The standard InChI is InChI=1S/C15H19N3O2/c1-11(2)18-7-6-16-15(18)9-17(3)12-4-5-13-14(8-12)20-10-19-13/h4-8,11H,9-10H2,1-3H3. The maximum atomic E-state index is 5.42. The molecule has 0 saturated carbocycles. The first kappa shape index (κ1) is 12.8. The van der Waals surface area contributed by atoms with Crippen LogP contribution in [0.5, 0.6) is 11.5 Å². The summed E-state index contributed by atoms with van der Waals surface area (Å²) in [6.07, 6.45) is 3.87. The van der Waals surface area contributed by atoms with Crippen molar-refractivity contribution in [3.8, 4) is 11.5 Å². The summed E-state index contributed by atoms with van der Waals surface area (Å²) < 4.78 is 12.9. The number of anilines is 1. The maximum Gasteiger partial charge on any atom is 0.231 e. The summed E-state index contributed by atoms with van der Waals surface area (Å²) in [4.78, 5) is 6.60. The average Bonchev–Trinajstić information content (AvgIpc) is 3.05. The van der Waals surface area contributed by atoms with Crippen LogP contribution in [-0.4, -0.2) is 23.4 Å². The van der Waals surface area contributed by atoms with Crippen molar-refractivity contribution < 1.29 is 9.47 Å². The number of hydrogen-bond donors (Lipinski definition) is 0. The summed E-state index contributed by atoms with van der Waals surface area (Å²) >= 11 is 0. The number of fused-ring (bicyclic) bond motifs is 1. The minimum Gasteiger partial charge on any atom is -0.454 e. The van der Waals surface area contributed by atoms with Gasteiger partial charge in [0.2, 0.25) is 6.79 Å². The van der Waals surface area contributed by atoms with Crippen molar-refractivity contribution in [2.75, 3.05) is 18.7 Å². The fraction of sp³-hybridized carbons (Fsp3) is 0.400. The van der Waals surface area contributed by atoms with Crippen LogP contribution >= 0.6 is 0 Å². The lowest BCUT2D eigenvalue weighted by Gasteiger charge is -2.21. The van der Waals surface area contributed by atoms with Gasteiger partial charge in [0.1, 0.15) is 5.82 Å². The van der Waals surface area contributed by atoms with Crippen LogP contribution in [0, 0.1) is 0 Å². The first-order valence-corrected chi connectivity index (χ1v) is 6.77. The Balaban J connectivity index is 1.79. The highest BCUT2D eigenvalue weighted by Crippen LogP contribution is 2.35. The number of rotatable bonds is 4. The third-order valence-corrected chi connectivity index (χ3v) is 3.48. The number of ether oxygens (including phenoxy) is 2. The molecule has 0 radical (unpaired) electrons. The van der Waals surface area contributed by atoms with Crippen molar-refractivity contribution >= 4 is 5.69 Å². The molecule has 0 N–H and O–H groups in total. The molecule has 1 aromatic carbocycles.